The van der Waals surface area contributed by atoms with E-state index in [0.29, 0.717) is 0 Å². The molecular weight excluding hydrogens is 248 g/mol. The summed E-state index contributed by atoms with van der Waals surface area (Å²) < 4.78 is 0. The van der Waals surface area contributed by atoms with Crippen LogP contribution in [0.3, 0.4) is 0 Å². The Morgan fingerprint density at radius 2 is 1.80 bits per heavy atom. The fourth-order valence-corrected chi connectivity index (χ4v) is 2.77. The van der Waals surface area contributed by atoms with Crippen molar-refractivity contribution >= 4 is 5.78 Å². The molecule has 1 heterocycles. The number of carbonyl (C=O) groups excluding carboxylic acids is 1. The molecule has 0 amide bonds. The lowest BCUT2D eigenvalue weighted by atomic mass is 9.99. The zero-order valence-corrected chi connectivity index (χ0v) is 13.1. The highest BCUT2D eigenvalue weighted by molar-refractivity contribution is 6.00. The summed E-state index contributed by atoms with van der Waals surface area (Å²) in [6, 6.07) is 6.01. The lowest BCUT2D eigenvalue weighted by Crippen LogP contribution is -2.51. The van der Waals surface area contributed by atoms with Crippen LogP contribution in [-0.4, -0.2) is 54.3 Å². The third kappa shape index (κ3) is 3.28. The Morgan fingerprint density at radius 1 is 1.15 bits per heavy atom. The number of aryl methyl sites for hydroxylation is 2. The van der Waals surface area contributed by atoms with Gasteiger partial charge in [0.05, 0.1) is 6.04 Å². The van der Waals surface area contributed by atoms with Crippen LogP contribution in [0.15, 0.2) is 18.2 Å². The SMILES string of the molecule is CCN1CCN(C(C)C(=O)c2ccc(C)c(C)c2)CC1. The van der Waals surface area contributed by atoms with Gasteiger partial charge in [0.2, 0.25) is 0 Å². The second-order valence-electron chi connectivity index (χ2n) is 5.81. The number of Topliss-reactive ketones (excluding diaryl/α,β-unsaturated/α-hetero) is 1. The fraction of sp³-hybridized carbons (Fsp3) is 0.588. The Bertz CT molecular complexity index is 476. The Hall–Kier alpha value is -1.19. The summed E-state index contributed by atoms with van der Waals surface area (Å²) >= 11 is 0. The van der Waals surface area contributed by atoms with Gasteiger partial charge in [0.15, 0.2) is 5.78 Å². The lowest BCUT2D eigenvalue weighted by molar-refractivity contribution is 0.0710. The molecule has 0 spiro atoms. The third-order valence-electron chi connectivity index (χ3n) is 4.57. The largest absolute Gasteiger partial charge is 0.301 e. The molecule has 0 N–H and O–H groups in total. The first-order valence-corrected chi connectivity index (χ1v) is 7.60. The maximum atomic E-state index is 12.6. The van der Waals surface area contributed by atoms with Gasteiger partial charge in [-0.25, -0.2) is 0 Å². The van der Waals surface area contributed by atoms with Gasteiger partial charge in [-0.15, -0.1) is 0 Å². The summed E-state index contributed by atoms with van der Waals surface area (Å²) in [7, 11) is 0. The van der Waals surface area contributed by atoms with Crippen molar-refractivity contribution in [3.05, 3.63) is 34.9 Å². The van der Waals surface area contributed by atoms with Crippen molar-refractivity contribution < 1.29 is 4.79 Å². The first kappa shape index (κ1) is 15.2. The molecule has 0 bridgehead atoms. The van der Waals surface area contributed by atoms with E-state index in [1.807, 2.05) is 25.1 Å². The summed E-state index contributed by atoms with van der Waals surface area (Å²) in [5.41, 5.74) is 3.28. The maximum Gasteiger partial charge on any atom is 0.179 e. The molecule has 0 saturated carbocycles. The van der Waals surface area contributed by atoms with E-state index in [-0.39, 0.29) is 11.8 Å². The van der Waals surface area contributed by atoms with E-state index < -0.39 is 0 Å². The minimum Gasteiger partial charge on any atom is -0.301 e. The second kappa shape index (κ2) is 6.51. The van der Waals surface area contributed by atoms with Crippen molar-refractivity contribution in [2.75, 3.05) is 32.7 Å². The van der Waals surface area contributed by atoms with Gasteiger partial charge >= 0.3 is 0 Å². The molecule has 1 aromatic carbocycles. The molecule has 1 aliphatic heterocycles. The maximum absolute atomic E-state index is 12.6. The highest BCUT2D eigenvalue weighted by Crippen LogP contribution is 2.15. The minimum atomic E-state index is -0.0175. The molecule has 3 heteroatoms. The van der Waals surface area contributed by atoms with Crippen molar-refractivity contribution in [1.82, 2.24) is 9.80 Å². The second-order valence-corrected chi connectivity index (χ2v) is 5.81. The van der Waals surface area contributed by atoms with E-state index in [9.17, 15) is 4.79 Å². The average molecular weight is 274 g/mol. The normalized spacial score (nSPS) is 19.0. The van der Waals surface area contributed by atoms with Crippen LogP contribution in [0, 0.1) is 13.8 Å². The van der Waals surface area contributed by atoms with Crippen LogP contribution in [0.1, 0.15) is 35.3 Å². The topological polar surface area (TPSA) is 23.6 Å². The van der Waals surface area contributed by atoms with Crippen LogP contribution >= 0.6 is 0 Å². The van der Waals surface area contributed by atoms with Crippen LogP contribution in [0.5, 0.6) is 0 Å². The van der Waals surface area contributed by atoms with Gasteiger partial charge in [-0.05, 0) is 44.5 Å². The Kier molecular flexibility index (Phi) is 4.95. The fourth-order valence-electron chi connectivity index (χ4n) is 2.77. The zero-order chi connectivity index (χ0) is 14.7. The molecular formula is C17H26N2O. The van der Waals surface area contributed by atoms with Gasteiger partial charge < -0.3 is 4.90 Å². The van der Waals surface area contributed by atoms with Gasteiger partial charge in [0, 0.05) is 31.7 Å². The molecule has 1 saturated heterocycles. The Morgan fingerprint density at radius 3 is 2.35 bits per heavy atom. The van der Waals surface area contributed by atoms with Gasteiger partial charge in [-0.3, -0.25) is 9.69 Å². The van der Waals surface area contributed by atoms with Crippen molar-refractivity contribution in [1.29, 1.82) is 0 Å². The minimum absolute atomic E-state index is 0.0175. The third-order valence-corrected chi connectivity index (χ3v) is 4.57. The number of nitrogens with zero attached hydrogens (tertiary/aromatic N) is 2. The molecule has 1 unspecified atom stereocenters. The van der Waals surface area contributed by atoms with Crippen molar-refractivity contribution in [3.63, 3.8) is 0 Å². The highest BCUT2D eigenvalue weighted by atomic mass is 16.1. The van der Waals surface area contributed by atoms with Crippen LogP contribution in [0.25, 0.3) is 0 Å². The van der Waals surface area contributed by atoms with Crippen LogP contribution < -0.4 is 0 Å². The quantitative estimate of drug-likeness (QED) is 0.788. The number of likely N-dealkylation sites (N-methyl/N-ethyl adjacent to an activating group) is 1. The molecule has 0 aromatic heterocycles. The van der Waals surface area contributed by atoms with Gasteiger partial charge in [0.25, 0.3) is 0 Å². The first-order valence-electron chi connectivity index (χ1n) is 7.60. The smallest absolute Gasteiger partial charge is 0.179 e. The van der Waals surface area contributed by atoms with E-state index in [2.05, 4.69) is 30.6 Å². The number of hydrogen-bond acceptors (Lipinski definition) is 3. The standard InChI is InChI=1S/C17H26N2O/c1-5-18-8-10-19(11-9-18)15(4)17(20)16-7-6-13(2)14(3)12-16/h6-7,12,15H,5,8-11H2,1-4H3. The number of carbonyl (C=O) groups is 1. The highest BCUT2D eigenvalue weighted by Gasteiger charge is 2.25. The van der Waals surface area contributed by atoms with Crippen molar-refractivity contribution in [2.24, 2.45) is 0 Å². The van der Waals surface area contributed by atoms with E-state index in [1.165, 1.54) is 11.1 Å². The van der Waals surface area contributed by atoms with Crippen LogP contribution in [-0.2, 0) is 0 Å². The Labute approximate surface area is 122 Å². The molecule has 0 aliphatic carbocycles. The average Bonchev–Trinajstić information content (AvgIpc) is 2.48. The summed E-state index contributed by atoms with van der Waals surface area (Å²) in [6.45, 7) is 13.6. The van der Waals surface area contributed by atoms with E-state index in [0.717, 1.165) is 38.3 Å². The summed E-state index contributed by atoms with van der Waals surface area (Å²) in [5, 5.41) is 0. The number of benzene rings is 1. The number of piperazine rings is 1. The predicted molar refractivity (Wildman–Crippen MR) is 83.4 cm³/mol. The molecule has 3 nitrogen and oxygen atoms in total. The predicted octanol–water partition coefficient (Wildman–Crippen LogP) is 2.51. The molecule has 1 aliphatic rings. The summed E-state index contributed by atoms with van der Waals surface area (Å²) in [4.78, 5) is 17.3. The van der Waals surface area contributed by atoms with Crippen LogP contribution in [0.2, 0.25) is 0 Å². The monoisotopic (exact) mass is 274 g/mol. The number of hydrogen-bond donors (Lipinski definition) is 0. The zero-order valence-electron chi connectivity index (χ0n) is 13.1. The van der Waals surface area contributed by atoms with Crippen LogP contribution in [0.4, 0.5) is 0 Å². The lowest BCUT2D eigenvalue weighted by Gasteiger charge is -2.37. The summed E-state index contributed by atoms with van der Waals surface area (Å²) in [5.74, 6) is 0.248. The molecule has 2 rings (SSSR count). The van der Waals surface area contributed by atoms with Gasteiger partial charge in [-0.2, -0.15) is 0 Å². The van der Waals surface area contributed by atoms with Gasteiger partial charge in [0.1, 0.15) is 0 Å². The van der Waals surface area contributed by atoms with E-state index >= 15 is 0 Å². The Balaban J connectivity index is 2.03. The molecule has 1 aromatic rings. The van der Waals surface area contributed by atoms with Crippen molar-refractivity contribution in [3.8, 4) is 0 Å². The van der Waals surface area contributed by atoms with E-state index in [4.69, 9.17) is 0 Å². The van der Waals surface area contributed by atoms with Crippen molar-refractivity contribution in [2.45, 2.75) is 33.7 Å². The number of rotatable bonds is 4. The molecule has 1 fully saturated rings. The molecule has 110 valence electrons. The number of ketones is 1. The van der Waals surface area contributed by atoms with E-state index in [1.54, 1.807) is 0 Å². The van der Waals surface area contributed by atoms with Gasteiger partial charge in [-0.1, -0.05) is 19.1 Å². The first-order chi connectivity index (χ1) is 9.52. The molecule has 0 radical (unpaired) electrons. The molecule has 1 atom stereocenters. The molecule has 20 heavy (non-hydrogen) atoms. The summed E-state index contributed by atoms with van der Waals surface area (Å²) in [6.07, 6.45) is 0.